The van der Waals surface area contributed by atoms with Crippen molar-refractivity contribution in [1.82, 2.24) is 19.5 Å². The maximum atomic E-state index is 5.33. The van der Waals surface area contributed by atoms with E-state index in [1.807, 2.05) is 18.2 Å². The lowest BCUT2D eigenvalue weighted by atomic mass is 9.67. The van der Waals surface area contributed by atoms with Crippen molar-refractivity contribution in [1.29, 1.82) is 0 Å². The molecular weight excluding hydrogens is 933 g/mol. The Hall–Kier alpha value is -9.77. The summed E-state index contributed by atoms with van der Waals surface area (Å²) in [6.07, 6.45) is 0. The zero-order valence-electron chi connectivity index (χ0n) is 42.7. The van der Waals surface area contributed by atoms with Gasteiger partial charge in [0.1, 0.15) is 0 Å². The Balaban J connectivity index is 0.926. The fraction of sp³-hybridized carbons (Fsp3) is 0.0548. The Morgan fingerprint density at radius 1 is 0.299 bits per heavy atom. The maximum Gasteiger partial charge on any atom is 0.164 e. The van der Waals surface area contributed by atoms with Gasteiger partial charge in [0.15, 0.2) is 17.5 Å². The van der Waals surface area contributed by atoms with Gasteiger partial charge in [-0.2, -0.15) is 0 Å². The first-order chi connectivity index (χ1) is 37.9. The zero-order valence-corrected chi connectivity index (χ0v) is 42.7. The van der Waals surface area contributed by atoms with Gasteiger partial charge >= 0.3 is 0 Å². The molecule has 0 saturated heterocycles. The monoisotopic (exact) mass is 982 g/mol. The molecule has 15 rings (SSSR count). The van der Waals surface area contributed by atoms with Crippen LogP contribution in [0, 0.1) is 0 Å². The van der Waals surface area contributed by atoms with Gasteiger partial charge in [-0.25, -0.2) is 15.0 Å². The van der Waals surface area contributed by atoms with Crippen molar-refractivity contribution in [3.63, 3.8) is 0 Å². The number of benzene rings is 11. The van der Waals surface area contributed by atoms with Crippen LogP contribution in [-0.4, -0.2) is 19.5 Å². The number of fused-ring (bicyclic) bond motifs is 9. The van der Waals surface area contributed by atoms with Crippen LogP contribution in [0.1, 0.15) is 47.2 Å². The van der Waals surface area contributed by atoms with Crippen LogP contribution in [0.5, 0.6) is 0 Å². The highest BCUT2D eigenvalue weighted by Gasteiger charge is 2.46. The molecule has 0 radical (unpaired) electrons. The van der Waals surface area contributed by atoms with Crippen molar-refractivity contribution in [2.75, 3.05) is 0 Å². The Kier molecular flexibility index (Phi) is 10.1. The second-order valence-electron chi connectivity index (χ2n) is 21.1. The summed E-state index contributed by atoms with van der Waals surface area (Å²) in [5.41, 5.74) is 22.8. The fourth-order valence-electron chi connectivity index (χ4n) is 13.0. The number of rotatable bonds is 8. The molecule has 2 heterocycles. The summed E-state index contributed by atoms with van der Waals surface area (Å²) < 4.78 is 2.48. The Morgan fingerprint density at radius 2 is 0.792 bits per heavy atom. The van der Waals surface area contributed by atoms with E-state index in [0.717, 1.165) is 44.5 Å². The lowest BCUT2D eigenvalue weighted by molar-refractivity contribution is 0.660. The molecule has 11 aromatic carbocycles. The number of aromatic nitrogens is 4. The van der Waals surface area contributed by atoms with Crippen molar-refractivity contribution in [3.8, 4) is 84.4 Å². The lowest BCUT2D eigenvalue weighted by Crippen LogP contribution is -2.28. The molecule has 0 atom stereocenters. The highest BCUT2D eigenvalue weighted by molar-refractivity contribution is 6.17. The predicted molar refractivity (Wildman–Crippen MR) is 316 cm³/mol. The minimum Gasteiger partial charge on any atom is -0.309 e. The highest BCUT2D eigenvalue weighted by Crippen LogP contribution is 2.57. The summed E-state index contributed by atoms with van der Waals surface area (Å²) >= 11 is 0. The van der Waals surface area contributed by atoms with Crippen LogP contribution in [0.15, 0.2) is 267 Å². The maximum absolute atomic E-state index is 5.33. The molecule has 0 unspecified atom stereocenters. The van der Waals surface area contributed by atoms with E-state index >= 15 is 0 Å². The fourth-order valence-corrected chi connectivity index (χ4v) is 13.0. The van der Waals surface area contributed by atoms with Gasteiger partial charge in [-0.3, -0.25) is 0 Å². The number of nitrogens with zero attached hydrogens (tertiary/aromatic N) is 4. The average Bonchev–Trinajstić information content (AvgIpc) is 4.16. The van der Waals surface area contributed by atoms with Crippen molar-refractivity contribution in [2.45, 2.75) is 24.7 Å². The first-order valence-electron chi connectivity index (χ1n) is 26.6. The lowest BCUT2D eigenvalue weighted by Gasteiger charge is -2.34. The average molecular weight is 983 g/mol. The third kappa shape index (κ3) is 6.88. The Bertz CT molecular complexity index is 4420. The predicted octanol–water partition coefficient (Wildman–Crippen LogP) is 18.0. The SMILES string of the molecule is CC1(C)c2ccccc2-c2ccc(-c3nc(-c4ccccc4)nc(-c4cccc(-c5cccc6c5c5cc(-c7ccccc7)ccc5n6-c5ccc6c(c5)C(c5ccccc5)(c5ccccc5)c5ccccc5-6)c4)n3)cc21. The molecule has 0 bridgehead atoms. The van der Waals surface area contributed by atoms with Crippen LogP contribution in [0.4, 0.5) is 0 Å². The van der Waals surface area contributed by atoms with Gasteiger partial charge in [-0.1, -0.05) is 238 Å². The quantitative estimate of drug-likeness (QED) is 0.152. The highest BCUT2D eigenvalue weighted by atomic mass is 15.0. The van der Waals surface area contributed by atoms with Crippen LogP contribution in [0.2, 0.25) is 0 Å². The molecule has 0 spiro atoms. The summed E-state index contributed by atoms with van der Waals surface area (Å²) in [4.78, 5) is 15.8. The molecule has 77 heavy (non-hydrogen) atoms. The third-order valence-electron chi connectivity index (χ3n) is 16.5. The van der Waals surface area contributed by atoms with E-state index in [1.165, 1.54) is 77.5 Å². The van der Waals surface area contributed by atoms with E-state index in [4.69, 9.17) is 15.0 Å². The minimum absolute atomic E-state index is 0.165. The van der Waals surface area contributed by atoms with Crippen molar-refractivity contribution in [3.05, 3.63) is 300 Å². The number of hydrogen-bond acceptors (Lipinski definition) is 3. The molecule has 4 nitrogen and oxygen atoms in total. The summed E-state index contributed by atoms with van der Waals surface area (Å²) in [6, 6.07) is 97.2. The first-order valence-corrected chi connectivity index (χ1v) is 26.6. The summed E-state index contributed by atoms with van der Waals surface area (Å²) in [6.45, 7) is 4.63. The molecule has 0 fully saturated rings. The molecule has 0 amide bonds. The Morgan fingerprint density at radius 3 is 1.49 bits per heavy atom. The van der Waals surface area contributed by atoms with Crippen molar-refractivity contribution in [2.24, 2.45) is 0 Å². The molecule has 2 aliphatic carbocycles. The van der Waals surface area contributed by atoms with Gasteiger partial charge in [-0.05, 0) is 120 Å². The van der Waals surface area contributed by atoms with Gasteiger partial charge in [0.2, 0.25) is 0 Å². The second-order valence-corrected chi connectivity index (χ2v) is 21.1. The van der Waals surface area contributed by atoms with Crippen LogP contribution >= 0.6 is 0 Å². The standard InChI is InChI=1S/C73H50N4/c1-72(2)62-34-17-15-31-57(62)59-40-37-52(45-64(59)72)71-75-69(48-23-9-4-10-24-48)74-70(76-71)51-26-19-25-50(43-51)56-33-20-36-67-68(56)61-44-49(47-21-7-3-8-22-47)38-42-66(61)77(67)55-39-41-60-58-32-16-18-35-63(58)73(65(60)46-55,53-27-11-5-12-28-53)54-29-13-6-14-30-54/h3-46H,1-2H3. The summed E-state index contributed by atoms with van der Waals surface area (Å²) in [5, 5.41) is 2.36. The Labute approximate surface area is 448 Å². The molecule has 0 aliphatic heterocycles. The summed E-state index contributed by atoms with van der Waals surface area (Å²) in [5.74, 6) is 1.91. The van der Waals surface area contributed by atoms with Crippen molar-refractivity contribution < 1.29 is 0 Å². The smallest absolute Gasteiger partial charge is 0.164 e. The van der Waals surface area contributed by atoms with Crippen LogP contribution in [0.25, 0.3) is 106 Å². The number of hydrogen-bond donors (Lipinski definition) is 0. The van der Waals surface area contributed by atoms with Crippen LogP contribution in [0.3, 0.4) is 0 Å². The zero-order chi connectivity index (χ0) is 51.2. The van der Waals surface area contributed by atoms with E-state index in [0.29, 0.717) is 17.5 Å². The van der Waals surface area contributed by atoms with E-state index in [-0.39, 0.29) is 5.41 Å². The molecule has 2 aliphatic rings. The molecule has 0 saturated carbocycles. The van der Waals surface area contributed by atoms with Gasteiger partial charge in [0, 0.05) is 38.6 Å². The normalized spacial score (nSPS) is 13.5. The van der Waals surface area contributed by atoms with Crippen LogP contribution < -0.4 is 0 Å². The van der Waals surface area contributed by atoms with E-state index in [1.54, 1.807) is 0 Å². The molecule has 0 N–H and O–H groups in total. The van der Waals surface area contributed by atoms with Crippen LogP contribution in [-0.2, 0) is 10.8 Å². The van der Waals surface area contributed by atoms with E-state index in [9.17, 15) is 0 Å². The van der Waals surface area contributed by atoms with E-state index in [2.05, 4.69) is 267 Å². The molecular formula is C73H50N4. The summed E-state index contributed by atoms with van der Waals surface area (Å²) in [7, 11) is 0. The van der Waals surface area contributed by atoms with Gasteiger partial charge < -0.3 is 4.57 Å². The molecule has 2 aromatic heterocycles. The van der Waals surface area contributed by atoms with Gasteiger partial charge in [0.25, 0.3) is 0 Å². The van der Waals surface area contributed by atoms with Gasteiger partial charge in [-0.15, -0.1) is 0 Å². The largest absolute Gasteiger partial charge is 0.309 e. The molecule has 13 aromatic rings. The minimum atomic E-state index is -0.534. The van der Waals surface area contributed by atoms with E-state index < -0.39 is 5.41 Å². The van der Waals surface area contributed by atoms with Crippen molar-refractivity contribution >= 4 is 21.8 Å². The topological polar surface area (TPSA) is 43.6 Å². The molecule has 4 heteroatoms. The first kappa shape index (κ1) is 44.7. The molecule has 362 valence electrons. The second kappa shape index (κ2) is 17.4. The third-order valence-corrected chi connectivity index (χ3v) is 16.5. The van der Waals surface area contributed by atoms with Gasteiger partial charge in [0.05, 0.1) is 16.4 Å².